The third-order valence-electron chi connectivity index (χ3n) is 2.69. The molecular weight excluding hydrogens is 272 g/mol. The number of hydrogen-bond acceptors (Lipinski definition) is 5. The number of carboxylic acids is 1. The minimum Gasteiger partial charge on any atom is -0.497 e. The maximum atomic E-state index is 11.2. The van der Waals surface area contributed by atoms with Crippen LogP contribution in [0.25, 0.3) is 0 Å². The van der Waals surface area contributed by atoms with E-state index in [9.17, 15) is 4.79 Å². The van der Waals surface area contributed by atoms with Crippen LogP contribution < -0.4 is 9.47 Å². The van der Waals surface area contributed by atoms with Crippen LogP contribution in [-0.2, 0) is 0 Å². The van der Waals surface area contributed by atoms with Gasteiger partial charge >= 0.3 is 5.97 Å². The first-order chi connectivity index (χ1) is 10.0. The lowest BCUT2D eigenvalue weighted by molar-refractivity contribution is 0.0694. The van der Waals surface area contributed by atoms with E-state index in [1.54, 1.807) is 13.0 Å². The minimum atomic E-state index is -1.12. The van der Waals surface area contributed by atoms with Crippen LogP contribution in [0.4, 0.5) is 0 Å². The van der Waals surface area contributed by atoms with Gasteiger partial charge in [-0.25, -0.2) is 9.78 Å². The average Bonchev–Trinajstić information content (AvgIpc) is 2.46. The number of ether oxygens (including phenoxy) is 2. The van der Waals surface area contributed by atoms with Crippen LogP contribution >= 0.6 is 0 Å². The van der Waals surface area contributed by atoms with E-state index in [0.29, 0.717) is 17.0 Å². The fourth-order valence-electron chi connectivity index (χ4n) is 1.76. The van der Waals surface area contributed by atoms with Crippen LogP contribution in [0.15, 0.2) is 30.3 Å². The number of methoxy groups -OCH3 is 1. The standard InChI is InChI=1S/C15H12N2O4/c1-9-5-10(8-16)6-14(17-9)21-13-7-11(20-2)3-4-12(13)15(18)19/h3-7H,1-2H3,(H,18,19). The van der Waals surface area contributed by atoms with Crippen LogP contribution in [0.3, 0.4) is 0 Å². The van der Waals surface area contributed by atoms with E-state index in [1.807, 2.05) is 6.07 Å². The zero-order valence-electron chi connectivity index (χ0n) is 11.5. The topological polar surface area (TPSA) is 92.4 Å². The van der Waals surface area contributed by atoms with Gasteiger partial charge in [-0.15, -0.1) is 0 Å². The summed E-state index contributed by atoms with van der Waals surface area (Å²) in [5.74, 6) is -0.407. The number of carboxylic acid groups (broad SMARTS) is 1. The molecule has 0 radical (unpaired) electrons. The molecule has 2 rings (SSSR count). The number of rotatable bonds is 4. The Labute approximate surface area is 121 Å². The fourth-order valence-corrected chi connectivity index (χ4v) is 1.76. The minimum absolute atomic E-state index is 0.0161. The van der Waals surface area contributed by atoms with E-state index in [4.69, 9.17) is 19.8 Å². The Hall–Kier alpha value is -3.07. The van der Waals surface area contributed by atoms with E-state index in [0.717, 1.165) is 0 Å². The molecule has 1 aromatic heterocycles. The number of hydrogen-bond donors (Lipinski definition) is 1. The Morgan fingerprint density at radius 2 is 2.10 bits per heavy atom. The van der Waals surface area contributed by atoms with Crippen LogP contribution in [0, 0.1) is 18.3 Å². The van der Waals surface area contributed by atoms with E-state index in [-0.39, 0.29) is 17.2 Å². The Bertz CT molecular complexity index is 735. The fraction of sp³-hybridized carbons (Fsp3) is 0.133. The zero-order chi connectivity index (χ0) is 15.4. The van der Waals surface area contributed by atoms with Crippen molar-refractivity contribution in [3.63, 3.8) is 0 Å². The second-order valence-electron chi connectivity index (χ2n) is 4.22. The van der Waals surface area contributed by atoms with Crippen molar-refractivity contribution in [2.75, 3.05) is 7.11 Å². The predicted octanol–water partition coefficient (Wildman–Crippen LogP) is 2.76. The largest absolute Gasteiger partial charge is 0.497 e. The van der Waals surface area contributed by atoms with Gasteiger partial charge in [0.15, 0.2) is 0 Å². The van der Waals surface area contributed by atoms with Crippen molar-refractivity contribution in [3.05, 3.63) is 47.2 Å². The number of aromatic carboxylic acids is 1. The highest BCUT2D eigenvalue weighted by molar-refractivity contribution is 5.91. The van der Waals surface area contributed by atoms with E-state index >= 15 is 0 Å². The van der Waals surface area contributed by atoms with Crippen molar-refractivity contribution in [3.8, 4) is 23.4 Å². The van der Waals surface area contributed by atoms with Crippen LogP contribution in [0.5, 0.6) is 17.4 Å². The van der Waals surface area contributed by atoms with Crippen molar-refractivity contribution in [2.45, 2.75) is 6.92 Å². The number of nitriles is 1. The molecule has 1 heterocycles. The highest BCUT2D eigenvalue weighted by Gasteiger charge is 2.14. The zero-order valence-corrected chi connectivity index (χ0v) is 11.5. The van der Waals surface area contributed by atoms with E-state index in [2.05, 4.69) is 4.98 Å². The monoisotopic (exact) mass is 284 g/mol. The summed E-state index contributed by atoms with van der Waals surface area (Å²) < 4.78 is 10.6. The lowest BCUT2D eigenvalue weighted by Crippen LogP contribution is -2.01. The first-order valence-corrected chi connectivity index (χ1v) is 6.01. The normalized spacial score (nSPS) is 9.76. The second kappa shape index (κ2) is 5.92. The molecule has 6 nitrogen and oxygen atoms in total. The third-order valence-corrected chi connectivity index (χ3v) is 2.69. The molecule has 0 bridgehead atoms. The quantitative estimate of drug-likeness (QED) is 0.928. The van der Waals surface area contributed by atoms with Gasteiger partial charge in [0.25, 0.3) is 0 Å². The molecular formula is C15H12N2O4. The molecule has 0 spiro atoms. The van der Waals surface area contributed by atoms with Crippen molar-refractivity contribution in [1.29, 1.82) is 5.26 Å². The van der Waals surface area contributed by atoms with Gasteiger partial charge in [0.2, 0.25) is 5.88 Å². The van der Waals surface area contributed by atoms with Gasteiger partial charge in [0.1, 0.15) is 17.1 Å². The molecule has 0 aliphatic rings. The van der Waals surface area contributed by atoms with Gasteiger partial charge in [-0.3, -0.25) is 0 Å². The Balaban J connectivity index is 2.45. The molecule has 0 saturated heterocycles. The Morgan fingerprint density at radius 3 is 2.71 bits per heavy atom. The summed E-state index contributed by atoms with van der Waals surface area (Å²) in [5, 5.41) is 18.1. The highest BCUT2D eigenvalue weighted by atomic mass is 16.5. The van der Waals surface area contributed by atoms with Crippen molar-refractivity contribution >= 4 is 5.97 Å². The maximum absolute atomic E-state index is 11.2. The third kappa shape index (κ3) is 3.28. The molecule has 0 saturated carbocycles. The van der Waals surface area contributed by atoms with Crippen molar-refractivity contribution in [2.24, 2.45) is 0 Å². The first-order valence-electron chi connectivity index (χ1n) is 6.01. The van der Waals surface area contributed by atoms with E-state index in [1.165, 1.54) is 31.4 Å². The van der Waals surface area contributed by atoms with Gasteiger partial charge in [0.05, 0.1) is 18.7 Å². The molecule has 0 fully saturated rings. The lowest BCUT2D eigenvalue weighted by Gasteiger charge is -2.10. The molecule has 2 aromatic rings. The molecule has 6 heteroatoms. The maximum Gasteiger partial charge on any atom is 0.339 e. The summed E-state index contributed by atoms with van der Waals surface area (Å²) in [6.45, 7) is 1.72. The van der Waals surface area contributed by atoms with Gasteiger partial charge in [-0.05, 0) is 25.1 Å². The molecule has 0 aliphatic heterocycles. The molecule has 0 unspecified atom stereocenters. The molecule has 0 amide bonds. The highest BCUT2D eigenvalue weighted by Crippen LogP contribution is 2.29. The number of carbonyl (C=O) groups is 1. The van der Waals surface area contributed by atoms with Gasteiger partial charge in [-0.2, -0.15) is 5.26 Å². The average molecular weight is 284 g/mol. The summed E-state index contributed by atoms with van der Waals surface area (Å²) in [5.41, 5.74) is 0.971. The molecule has 0 aliphatic carbocycles. The SMILES string of the molecule is COc1ccc(C(=O)O)c(Oc2cc(C#N)cc(C)n2)c1. The number of benzene rings is 1. The number of aromatic nitrogens is 1. The molecule has 106 valence electrons. The Kier molecular flexibility index (Phi) is 4.05. The summed E-state index contributed by atoms with van der Waals surface area (Å²) in [6.07, 6.45) is 0. The van der Waals surface area contributed by atoms with Crippen LogP contribution in [-0.4, -0.2) is 23.2 Å². The van der Waals surface area contributed by atoms with Crippen LogP contribution in [0.2, 0.25) is 0 Å². The molecule has 1 N–H and O–H groups in total. The predicted molar refractivity (Wildman–Crippen MR) is 73.7 cm³/mol. The Morgan fingerprint density at radius 1 is 1.33 bits per heavy atom. The number of aryl methyl sites for hydroxylation is 1. The summed E-state index contributed by atoms with van der Waals surface area (Å²) in [6, 6.07) is 9.42. The van der Waals surface area contributed by atoms with Crippen LogP contribution in [0.1, 0.15) is 21.6 Å². The number of pyridine rings is 1. The van der Waals surface area contributed by atoms with Crippen molar-refractivity contribution in [1.82, 2.24) is 4.98 Å². The summed E-state index contributed by atoms with van der Waals surface area (Å²) in [7, 11) is 1.47. The first kappa shape index (κ1) is 14.3. The number of nitrogens with zero attached hydrogens (tertiary/aromatic N) is 2. The smallest absolute Gasteiger partial charge is 0.339 e. The summed E-state index contributed by atoms with van der Waals surface area (Å²) >= 11 is 0. The lowest BCUT2D eigenvalue weighted by atomic mass is 10.2. The van der Waals surface area contributed by atoms with Gasteiger partial charge < -0.3 is 14.6 Å². The van der Waals surface area contributed by atoms with Crippen molar-refractivity contribution < 1.29 is 19.4 Å². The second-order valence-corrected chi connectivity index (χ2v) is 4.22. The molecule has 21 heavy (non-hydrogen) atoms. The van der Waals surface area contributed by atoms with Gasteiger partial charge in [0, 0.05) is 17.8 Å². The molecule has 0 atom stereocenters. The summed E-state index contributed by atoms with van der Waals surface area (Å²) in [4.78, 5) is 15.3. The van der Waals surface area contributed by atoms with Gasteiger partial charge in [-0.1, -0.05) is 0 Å². The molecule has 1 aromatic carbocycles. The van der Waals surface area contributed by atoms with E-state index < -0.39 is 5.97 Å².